The summed E-state index contributed by atoms with van der Waals surface area (Å²) in [5.74, 6) is 0.307. The van der Waals surface area contributed by atoms with Gasteiger partial charge in [-0.1, -0.05) is 0 Å². The minimum Gasteiger partial charge on any atom is -0.462 e. The second-order valence-electron chi connectivity index (χ2n) is 3.85. The molecule has 0 saturated carbocycles. The predicted octanol–water partition coefficient (Wildman–Crippen LogP) is 1.33. The third kappa shape index (κ3) is 5.23. The first-order chi connectivity index (χ1) is 9.21. The van der Waals surface area contributed by atoms with Gasteiger partial charge in [0.05, 0.1) is 24.9 Å². The van der Waals surface area contributed by atoms with Crippen molar-refractivity contribution in [1.82, 2.24) is 4.98 Å². The van der Waals surface area contributed by atoms with E-state index in [2.05, 4.69) is 10.3 Å². The highest BCUT2D eigenvalue weighted by molar-refractivity contribution is 5.89. The van der Waals surface area contributed by atoms with Gasteiger partial charge in [0.1, 0.15) is 5.82 Å². The number of aromatic nitrogens is 1. The lowest BCUT2D eigenvalue weighted by Gasteiger charge is -2.15. The third-order valence-electron chi connectivity index (χ3n) is 2.47. The molecule has 0 aliphatic rings. The van der Waals surface area contributed by atoms with Crippen molar-refractivity contribution in [3.05, 3.63) is 23.9 Å². The van der Waals surface area contributed by atoms with E-state index >= 15 is 0 Å². The molecule has 1 aromatic heterocycles. The topological polar surface area (TPSA) is 69.7 Å². The number of rotatable bonds is 8. The predicted molar refractivity (Wildman–Crippen MR) is 71.4 cm³/mol. The lowest BCUT2D eigenvalue weighted by atomic mass is 10.3. The van der Waals surface area contributed by atoms with Crippen molar-refractivity contribution in [1.29, 1.82) is 0 Å². The molecule has 1 unspecified atom stereocenters. The van der Waals surface area contributed by atoms with Crippen molar-refractivity contribution >= 4 is 11.8 Å². The van der Waals surface area contributed by atoms with E-state index in [1.807, 2.05) is 0 Å². The van der Waals surface area contributed by atoms with Gasteiger partial charge in [0, 0.05) is 27.0 Å². The van der Waals surface area contributed by atoms with Gasteiger partial charge in [-0.25, -0.2) is 9.78 Å². The van der Waals surface area contributed by atoms with Crippen LogP contribution < -0.4 is 5.32 Å². The Morgan fingerprint density at radius 3 is 2.74 bits per heavy atom. The summed E-state index contributed by atoms with van der Waals surface area (Å²) in [5.41, 5.74) is 0.438. The van der Waals surface area contributed by atoms with Crippen molar-refractivity contribution < 1.29 is 19.0 Å². The van der Waals surface area contributed by atoms with Gasteiger partial charge in [-0.15, -0.1) is 0 Å². The monoisotopic (exact) mass is 268 g/mol. The Morgan fingerprint density at radius 1 is 1.42 bits per heavy atom. The van der Waals surface area contributed by atoms with Crippen LogP contribution in [-0.2, 0) is 14.2 Å². The first-order valence-corrected chi connectivity index (χ1v) is 6.10. The summed E-state index contributed by atoms with van der Waals surface area (Å²) in [4.78, 5) is 15.6. The van der Waals surface area contributed by atoms with Crippen LogP contribution >= 0.6 is 0 Å². The van der Waals surface area contributed by atoms with Gasteiger partial charge >= 0.3 is 5.97 Å². The summed E-state index contributed by atoms with van der Waals surface area (Å²) in [6.07, 6.45) is 1.44. The first-order valence-electron chi connectivity index (χ1n) is 6.10. The van der Waals surface area contributed by atoms with Crippen LogP contribution in [0.2, 0.25) is 0 Å². The zero-order chi connectivity index (χ0) is 14.1. The van der Waals surface area contributed by atoms with Crippen LogP contribution in [-0.4, -0.2) is 51.0 Å². The van der Waals surface area contributed by atoms with Gasteiger partial charge in [0.15, 0.2) is 0 Å². The quantitative estimate of drug-likeness (QED) is 0.717. The highest BCUT2D eigenvalue weighted by Gasteiger charge is 2.08. The summed E-state index contributed by atoms with van der Waals surface area (Å²) in [6.45, 7) is 3.20. The zero-order valence-electron chi connectivity index (χ0n) is 11.5. The number of hydrogen-bond donors (Lipinski definition) is 1. The Bertz CT molecular complexity index is 381. The number of esters is 1. The molecule has 1 atom stereocenters. The Labute approximate surface area is 113 Å². The van der Waals surface area contributed by atoms with Gasteiger partial charge in [-0.05, 0) is 19.1 Å². The third-order valence-corrected chi connectivity index (χ3v) is 2.47. The molecule has 1 aromatic rings. The molecule has 6 nitrogen and oxygen atoms in total. The second-order valence-corrected chi connectivity index (χ2v) is 3.85. The molecule has 1 heterocycles. The maximum Gasteiger partial charge on any atom is 0.339 e. The number of nitrogens with one attached hydrogen (secondary N) is 1. The molecule has 0 fully saturated rings. The smallest absolute Gasteiger partial charge is 0.339 e. The number of anilines is 1. The Morgan fingerprint density at radius 2 is 2.21 bits per heavy atom. The van der Waals surface area contributed by atoms with Crippen molar-refractivity contribution in [3.63, 3.8) is 0 Å². The second kappa shape index (κ2) is 8.44. The summed E-state index contributed by atoms with van der Waals surface area (Å²) in [5, 5.41) is 3.11. The molecule has 0 saturated heterocycles. The molecule has 0 bridgehead atoms. The number of hydrogen-bond acceptors (Lipinski definition) is 6. The van der Waals surface area contributed by atoms with Crippen LogP contribution in [0, 0.1) is 0 Å². The largest absolute Gasteiger partial charge is 0.462 e. The van der Waals surface area contributed by atoms with Crippen molar-refractivity contribution in [2.45, 2.75) is 13.0 Å². The van der Waals surface area contributed by atoms with Crippen LogP contribution in [0.5, 0.6) is 0 Å². The molecule has 0 amide bonds. The van der Waals surface area contributed by atoms with Crippen molar-refractivity contribution in [2.75, 3.05) is 39.3 Å². The maximum absolute atomic E-state index is 11.4. The normalized spacial score (nSPS) is 11.9. The van der Waals surface area contributed by atoms with Gasteiger partial charge < -0.3 is 19.5 Å². The molecule has 1 rings (SSSR count). The summed E-state index contributed by atoms with van der Waals surface area (Å²) in [6, 6.07) is 3.40. The van der Waals surface area contributed by atoms with Crippen molar-refractivity contribution in [2.24, 2.45) is 0 Å². The average Bonchev–Trinajstić information content (AvgIpc) is 2.44. The van der Waals surface area contributed by atoms with Gasteiger partial charge in [-0.2, -0.15) is 0 Å². The van der Waals surface area contributed by atoms with Crippen LogP contribution in [0.1, 0.15) is 17.3 Å². The van der Waals surface area contributed by atoms with Crippen molar-refractivity contribution in [3.8, 4) is 0 Å². The summed E-state index contributed by atoms with van der Waals surface area (Å²) >= 11 is 0. The molecule has 106 valence electrons. The average molecular weight is 268 g/mol. The van der Waals surface area contributed by atoms with E-state index < -0.39 is 0 Å². The Balaban J connectivity index is 2.50. The molecule has 19 heavy (non-hydrogen) atoms. The van der Waals surface area contributed by atoms with E-state index in [0.717, 1.165) is 0 Å². The molecule has 0 radical (unpaired) electrons. The fourth-order valence-electron chi connectivity index (χ4n) is 1.45. The molecule has 0 aromatic carbocycles. The van der Waals surface area contributed by atoms with E-state index in [4.69, 9.17) is 14.2 Å². The molecule has 0 spiro atoms. The first kappa shape index (κ1) is 15.4. The fraction of sp³-hybridized carbons (Fsp3) is 0.538. The highest BCUT2D eigenvalue weighted by atomic mass is 16.5. The van der Waals surface area contributed by atoms with Gasteiger partial charge in [0.25, 0.3) is 0 Å². The van der Waals surface area contributed by atoms with Crippen LogP contribution in [0.4, 0.5) is 5.82 Å². The standard InChI is InChI=1S/C13H20N2O4/c1-4-19-13(16)10-5-6-12(14-7-10)15-8-11(18-3)9-17-2/h5-7,11H,4,8-9H2,1-3H3,(H,14,15). The van der Waals surface area contributed by atoms with Gasteiger partial charge in [-0.3, -0.25) is 0 Å². The van der Waals surface area contributed by atoms with E-state index in [0.29, 0.717) is 31.1 Å². The highest BCUT2D eigenvalue weighted by Crippen LogP contribution is 2.07. The van der Waals surface area contributed by atoms with E-state index in [1.165, 1.54) is 6.20 Å². The minimum absolute atomic E-state index is 0.0449. The number of ether oxygens (including phenoxy) is 3. The molecular formula is C13H20N2O4. The molecule has 0 aliphatic carbocycles. The Hall–Kier alpha value is -1.66. The number of methoxy groups -OCH3 is 2. The van der Waals surface area contributed by atoms with E-state index in [9.17, 15) is 4.79 Å². The number of carbonyl (C=O) groups is 1. The Kier molecular flexibility index (Phi) is 6.84. The zero-order valence-corrected chi connectivity index (χ0v) is 11.5. The van der Waals surface area contributed by atoms with Crippen LogP contribution in [0.25, 0.3) is 0 Å². The van der Waals surface area contributed by atoms with E-state index in [1.54, 1.807) is 33.3 Å². The maximum atomic E-state index is 11.4. The number of nitrogens with zero attached hydrogens (tertiary/aromatic N) is 1. The van der Waals surface area contributed by atoms with Crippen LogP contribution in [0.3, 0.4) is 0 Å². The number of carbonyl (C=O) groups excluding carboxylic acids is 1. The molecule has 0 aliphatic heterocycles. The summed E-state index contributed by atoms with van der Waals surface area (Å²) < 4.78 is 15.1. The molecule has 6 heteroatoms. The van der Waals surface area contributed by atoms with Gasteiger partial charge in [0.2, 0.25) is 0 Å². The minimum atomic E-state index is -0.365. The SMILES string of the molecule is CCOC(=O)c1ccc(NCC(COC)OC)nc1. The lowest BCUT2D eigenvalue weighted by Crippen LogP contribution is -2.26. The molecular weight excluding hydrogens is 248 g/mol. The van der Waals surface area contributed by atoms with Crippen LogP contribution in [0.15, 0.2) is 18.3 Å². The molecule has 1 N–H and O–H groups in total. The lowest BCUT2D eigenvalue weighted by molar-refractivity contribution is 0.0365. The van der Waals surface area contributed by atoms with E-state index in [-0.39, 0.29) is 12.1 Å². The fourth-order valence-corrected chi connectivity index (χ4v) is 1.45. The number of pyridine rings is 1. The summed E-state index contributed by atoms with van der Waals surface area (Å²) in [7, 11) is 3.25.